The Balaban J connectivity index is 1.81. The van der Waals surface area contributed by atoms with Gasteiger partial charge in [0.2, 0.25) is 0 Å². The summed E-state index contributed by atoms with van der Waals surface area (Å²) in [4.78, 5) is 6.94. The van der Waals surface area contributed by atoms with Crippen molar-refractivity contribution in [2.75, 3.05) is 33.2 Å². The van der Waals surface area contributed by atoms with Gasteiger partial charge in [-0.15, -0.1) is 0 Å². The third-order valence-electron chi connectivity index (χ3n) is 4.22. The average Bonchev–Trinajstić information content (AvgIpc) is 2.87. The van der Waals surface area contributed by atoms with Crippen molar-refractivity contribution in [3.8, 4) is 0 Å². The quantitative estimate of drug-likeness (QED) is 0.896. The predicted octanol–water partition coefficient (Wildman–Crippen LogP) is 1.92. The highest BCUT2D eigenvalue weighted by molar-refractivity contribution is 6.00. The van der Waals surface area contributed by atoms with Crippen molar-refractivity contribution >= 4 is 5.84 Å². The van der Waals surface area contributed by atoms with Crippen LogP contribution >= 0.6 is 0 Å². The van der Waals surface area contributed by atoms with Gasteiger partial charge in [-0.25, -0.2) is 0 Å². The SMILES string of the molecule is CN1CCN=C1c1ccccc1CC1CCCNC1. The van der Waals surface area contributed by atoms with Crippen LogP contribution in [0, 0.1) is 5.92 Å². The van der Waals surface area contributed by atoms with E-state index in [0.29, 0.717) is 0 Å². The summed E-state index contributed by atoms with van der Waals surface area (Å²) in [5.41, 5.74) is 2.80. The van der Waals surface area contributed by atoms with Gasteiger partial charge < -0.3 is 10.2 Å². The molecule has 1 saturated heterocycles. The summed E-state index contributed by atoms with van der Waals surface area (Å²) in [6, 6.07) is 8.79. The summed E-state index contributed by atoms with van der Waals surface area (Å²) in [6.07, 6.45) is 3.84. The lowest BCUT2D eigenvalue weighted by Gasteiger charge is -2.24. The van der Waals surface area contributed by atoms with E-state index in [-0.39, 0.29) is 0 Å². The van der Waals surface area contributed by atoms with Gasteiger partial charge in [0.1, 0.15) is 5.84 Å². The van der Waals surface area contributed by atoms with Crippen LogP contribution in [0.4, 0.5) is 0 Å². The molecule has 0 radical (unpaired) electrons. The molecule has 0 amide bonds. The third kappa shape index (κ3) is 2.81. The van der Waals surface area contributed by atoms with Crippen LogP contribution in [-0.4, -0.2) is 44.0 Å². The zero-order valence-corrected chi connectivity index (χ0v) is 11.7. The highest BCUT2D eigenvalue weighted by Gasteiger charge is 2.20. The number of hydrogen-bond donors (Lipinski definition) is 1. The van der Waals surface area contributed by atoms with Crippen molar-refractivity contribution < 1.29 is 0 Å². The molecule has 3 nitrogen and oxygen atoms in total. The van der Waals surface area contributed by atoms with E-state index in [0.717, 1.165) is 25.6 Å². The van der Waals surface area contributed by atoms with Crippen LogP contribution in [0.15, 0.2) is 29.3 Å². The fourth-order valence-corrected chi connectivity index (χ4v) is 3.15. The minimum Gasteiger partial charge on any atom is -0.358 e. The van der Waals surface area contributed by atoms with Crippen molar-refractivity contribution in [1.29, 1.82) is 0 Å². The average molecular weight is 257 g/mol. The second kappa shape index (κ2) is 5.74. The Morgan fingerprint density at radius 3 is 3.00 bits per heavy atom. The van der Waals surface area contributed by atoms with Crippen molar-refractivity contribution in [2.45, 2.75) is 19.3 Å². The molecule has 3 rings (SSSR count). The van der Waals surface area contributed by atoms with Gasteiger partial charge in [0.15, 0.2) is 0 Å². The Hall–Kier alpha value is -1.35. The Morgan fingerprint density at radius 2 is 2.26 bits per heavy atom. The summed E-state index contributed by atoms with van der Waals surface area (Å²) in [5, 5.41) is 3.51. The monoisotopic (exact) mass is 257 g/mol. The maximum atomic E-state index is 4.67. The number of piperidine rings is 1. The van der Waals surface area contributed by atoms with Gasteiger partial charge >= 0.3 is 0 Å². The van der Waals surface area contributed by atoms with Crippen molar-refractivity contribution in [2.24, 2.45) is 10.9 Å². The lowest BCUT2D eigenvalue weighted by atomic mass is 9.90. The molecule has 0 spiro atoms. The molecule has 1 N–H and O–H groups in total. The normalized spacial score (nSPS) is 23.5. The van der Waals surface area contributed by atoms with Gasteiger partial charge in [-0.3, -0.25) is 4.99 Å². The smallest absolute Gasteiger partial charge is 0.131 e. The van der Waals surface area contributed by atoms with E-state index in [1.165, 1.54) is 42.8 Å². The van der Waals surface area contributed by atoms with E-state index < -0.39 is 0 Å². The highest BCUT2D eigenvalue weighted by atomic mass is 15.2. The first-order valence-corrected chi connectivity index (χ1v) is 7.39. The number of benzene rings is 1. The summed E-state index contributed by atoms with van der Waals surface area (Å²) in [5.74, 6) is 1.96. The Kier molecular flexibility index (Phi) is 3.83. The van der Waals surface area contributed by atoms with Crippen molar-refractivity contribution in [3.05, 3.63) is 35.4 Å². The molecule has 1 aromatic carbocycles. The molecule has 1 fully saturated rings. The van der Waals surface area contributed by atoms with E-state index in [4.69, 9.17) is 0 Å². The lowest BCUT2D eigenvalue weighted by Crippen LogP contribution is -2.31. The first-order valence-electron chi connectivity index (χ1n) is 7.39. The minimum atomic E-state index is 0.780. The van der Waals surface area contributed by atoms with Crippen LogP contribution in [0.25, 0.3) is 0 Å². The number of nitrogens with zero attached hydrogens (tertiary/aromatic N) is 2. The molecule has 3 heteroatoms. The fraction of sp³-hybridized carbons (Fsp3) is 0.562. The molecule has 19 heavy (non-hydrogen) atoms. The minimum absolute atomic E-state index is 0.780. The molecule has 1 atom stereocenters. The molecule has 1 aromatic rings. The molecular weight excluding hydrogens is 234 g/mol. The van der Waals surface area contributed by atoms with Crippen LogP contribution in [0.2, 0.25) is 0 Å². The molecule has 1 unspecified atom stereocenters. The topological polar surface area (TPSA) is 27.6 Å². The second-order valence-corrected chi connectivity index (χ2v) is 5.70. The van der Waals surface area contributed by atoms with Gasteiger partial charge in [-0.1, -0.05) is 24.3 Å². The standard InChI is InChI=1S/C16H23N3/c1-19-10-9-18-16(19)15-7-3-2-6-14(15)11-13-5-4-8-17-12-13/h2-3,6-7,13,17H,4-5,8-12H2,1H3. The summed E-state index contributed by atoms with van der Waals surface area (Å²) >= 11 is 0. The molecule has 0 aromatic heterocycles. The maximum absolute atomic E-state index is 4.67. The first kappa shape index (κ1) is 12.7. The van der Waals surface area contributed by atoms with Crippen LogP contribution in [0.1, 0.15) is 24.0 Å². The zero-order valence-electron chi connectivity index (χ0n) is 11.7. The van der Waals surface area contributed by atoms with E-state index in [9.17, 15) is 0 Å². The molecule has 2 aliphatic rings. The maximum Gasteiger partial charge on any atom is 0.131 e. The van der Waals surface area contributed by atoms with E-state index in [1.807, 2.05) is 0 Å². The summed E-state index contributed by atoms with van der Waals surface area (Å²) in [6.45, 7) is 4.34. The number of nitrogens with one attached hydrogen (secondary N) is 1. The summed E-state index contributed by atoms with van der Waals surface area (Å²) in [7, 11) is 2.14. The number of aliphatic imine (C=N–C) groups is 1. The van der Waals surface area contributed by atoms with Crippen LogP contribution in [-0.2, 0) is 6.42 Å². The van der Waals surface area contributed by atoms with Crippen LogP contribution in [0.5, 0.6) is 0 Å². The molecular formula is C16H23N3. The number of amidine groups is 1. The molecule has 0 aliphatic carbocycles. The van der Waals surface area contributed by atoms with E-state index in [2.05, 4.69) is 46.5 Å². The Bertz CT molecular complexity index is 461. The predicted molar refractivity (Wildman–Crippen MR) is 79.8 cm³/mol. The van der Waals surface area contributed by atoms with Crippen molar-refractivity contribution in [1.82, 2.24) is 10.2 Å². The highest BCUT2D eigenvalue weighted by Crippen LogP contribution is 2.21. The molecule has 0 bridgehead atoms. The molecule has 0 saturated carbocycles. The number of likely N-dealkylation sites (N-methyl/N-ethyl adjacent to an activating group) is 1. The van der Waals surface area contributed by atoms with Gasteiger partial charge in [-0.05, 0) is 43.8 Å². The van der Waals surface area contributed by atoms with Crippen molar-refractivity contribution in [3.63, 3.8) is 0 Å². The molecule has 2 aliphatic heterocycles. The van der Waals surface area contributed by atoms with Gasteiger partial charge in [0, 0.05) is 19.2 Å². The van der Waals surface area contributed by atoms with E-state index >= 15 is 0 Å². The molecule has 102 valence electrons. The number of rotatable bonds is 3. The second-order valence-electron chi connectivity index (χ2n) is 5.70. The lowest BCUT2D eigenvalue weighted by molar-refractivity contribution is 0.376. The fourth-order valence-electron chi connectivity index (χ4n) is 3.15. The largest absolute Gasteiger partial charge is 0.358 e. The van der Waals surface area contributed by atoms with Gasteiger partial charge in [0.25, 0.3) is 0 Å². The van der Waals surface area contributed by atoms with E-state index in [1.54, 1.807) is 0 Å². The Morgan fingerprint density at radius 1 is 1.37 bits per heavy atom. The van der Waals surface area contributed by atoms with Crippen LogP contribution < -0.4 is 5.32 Å². The first-order chi connectivity index (χ1) is 9.34. The molecule has 2 heterocycles. The van der Waals surface area contributed by atoms with Crippen LogP contribution in [0.3, 0.4) is 0 Å². The zero-order chi connectivity index (χ0) is 13.1. The summed E-state index contributed by atoms with van der Waals surface area (Å²) < 4.78 is 0. The van der Waals surface area contributed by atoms with Gasteiger partial charge in [0.05, 0.1) is 6.54 Å². The van der Waals surface area contributed by atoms with Gasteiger partial charge in [-0.2, -0.15) is 0 Å². The number of hydrogen-bond acceptors (Lipinski definition) is 3. The third-order valence-corrected chi connectivity index (χ3v) is 4.22. The Labute approximate surface area is 115 Å².